The molecule has 3 rings (SSSR count). The van der Waals surface area contributed by atoms with Crippen LogP contribution < -0.4 is 21.7 Å². The minimum absolute atomic E-state index is 0.00303. The number of carbonyl (C=O) groups excluding carboxylic acids is 3. The Kier molecular flexibility index (Phi) is 12.4. The second-order valence-electron chi connectivity index (χ2n) is 11.0. The van der Waals surface area contributed by atoms with Crippen LogP contribution in [0.2, 0.25) is 0 Å². The van der Waals surface area contributed by atoms with E-state index >= 15 is 0 Å². The van der Waals surface area contributed by atoms with Gasteiger partial charge in [0.15, 0.2) is 0 Å². The molecule has 0 aliphatic rings. The van der Waals surface area contributed by atoms with Gasteiger partial charge in [-0.3, -0.25) is 14.4 Å². The van der Waals surface area contributed by atoms with Crippen molar-refractivity contribution >= 4 is 46.4 Å². The lowest BCUT2D eigenvalue weighted by atomic mass is 10.00. The van der Waals surface area contributed by atoms with Gasteiger partial charge >= 0.3 is 5.97 Å². The van der Waals surface area contributed by atoms with Gasteiger partial charge < -0.3 is 36.9 Å². The molecule has 0 bridgehead atoms. The number of phenolic OH excluding ortho intramolecular Hbond substituents is 1. The zero-order valence-electron chi connectivity index (χ0n) is 24.6. The van der Waals surface area contributed by atoms with E-state index in [0.29, 0.717) is 17.7 Å². The Balaban J connectivity index is 1.90. The maximum absolute atomic E-state index is 13.8. The lowest BCUT2D eigenvalue weighted by Crippen LogP contribution is -2.58. The van der Waals surface area contributed by atoms with Gasteiger partial charge in [-0.1, -0.05) is 44.2 Å². The van der Waals surface area contributed by atoms with E-state index in [9.17, 15) is 29.4 Å². The number of para-hydroxylation sites is 1. The molecule has 12 heteroatoms. The van der Waals surface area contributed by atoms with Gasteiger partial charge in [0, 0.05) is 29.9 Å². The lowest BCUT2D eigenvalue weighted by Gasteiger charge is -2.26. The fourth-order valence-corrected chi connectivity index (χ4v) is 5.19. The molecule has 1 aromatic heterocycles. The van der Waals surface area contributed by atoms with Gasteiger partial charge in [-0.15, -0.1) is 0 Å². The average molecular weight is 612 g/mol. The Bertz CT molecular complexity index is 1390. The summed E-state index contributed by atoms with van der Waals surface area (Å²) in [5.41, 5.74) is 8.34. The Hall–Kier alpha value is -4.03. The van der Waals surface area contributed by atoms with Crippen molar-refractivity contribution in [3.05, 3.63) is 65.9 Å². The molecule has 232 valence electrons. The van der Waals surface area contributed by atoms with Crippen LogP contribution in [-0.2, 0) is 32.0 Å². The number of aliphatic carboxylic acids is 1. The zero-order chi connectivity index (χ0) is 31.5. The predicted octanol–water partition coefficient (Wildman–Crippen LogP) is 2.32. The van der Waals surface area contributed by atoms with Crippen LogP contribution in [0.25, 0.3) is 10.9 Å². The highest BCUT2D eigenvalue weighted by molar-refractivity contribution is 7.98. The Labute approximate surface area is 255 Å². The number of phenols is 1. The summed E-state index contributed by atoms with van der Waals surface area (Å²) in [7, 11) is 0. The number of carboxylic acids is 1. The Morgan fingerprint density at radius 2 is 1.49 bits per heavy atom. The van der Waals surface area contributed by atoms with Crippen LogP contribution in [-0.4, -0.2) is 75.1 Å². The van der Waals surface area contributed by atoms with Crippen molar-refractivity contribution in [2.45, 2.75) is 63.7 Å². The molecule has 2 aromatic carbocycles. The fraction of sp³-hybridized carbons (Fsp3) is 0.419. The van der Waals surface area contributed by atoms with Crippen LogP contribution in [0.3, 0.4) is 0 Å². The van der Waals surface area contributed by atoms with E-state index in [-0.39, 0.29) is 30.9 Å². The van der Waals surface area contributed by atoms with Gasteiger partial charge in [-0.25, -0.2) is 4.79 Å². The number of rotatable bonds is 16. The average Bonchev–Trinajstić information content (AvgIpc) is 3.38. The molecule has 1 heterocycles. The molecular formula is C31H41N5O6S. The summed E-state index contributed by atoms with van der Waals surface area (Å²) < 4.78 is 0. The standard InChI is InChI=1S/C31H41N5O6S/c1-18(2)14-27(31(41)42)36-30(40)26(16-20-17-33-24-7-5-4-6-22(20)24)35-29(39)25(15-19-8-10-21(37)11-9-19)34-28(38)23(32)12-13-43-3/h4-11,17-18,23,25-27,33,37H,12-16,32H2,1-3H3,(H,34,38)(H,35,39)(H,36,40)(H,41,42). The van der Waals surface area contributed by atoms with Crippen molar-refractivity contribution in [3.8, 4) is 5.75 Å². The predicted molar refractivity (Wildman–Crippen MR) is 168 cm³/mol. The summed E-state index contributed by atoms with van der Waals surface area (Å²) in [4.78, 5) is 55.3. The number of hydrogen-bond donors (Lipinski definition) is 7. The van der Waals surface area contributed by atoms with Crippen molar-refractivity contribution in [1.82, 2.24) is 20.9 Å². The van der Waals surface area contributed by atoms with Crippen LogP contribution in [0, 0.1) is 5.92 Å². The molecule has 0 spiro atoms. The summed E-state index contributed by atoms with van der Waals surface area (Å²) in [6.45, 7) is 3.71. The van der Waals surface area contributed by atoms with Crippen molar-refractivity contribution in [3.63, 3.8) is 0 Å². The van der Waals surface area contributed by atoms with E-state index in [0.717, 1.165) is 16.5 Å². The number of fused-ring (bicyclic) bond motifs is 1. The molecule has 0 fully saturated rings. The third-order valence-electron chi connectivity index (χ3n) is 7.03. The van der Waals surface area contributed by atoms with E-state index in [1.165, 1.54) is 12.1 Å². The van der Waals surface area contributed by atoms with Crippen LogP contribution in [0.4, 0.5) is 0 Å². The number of nitrogens with two attached hydrogens (primary N) is 1. The number of nitrogens with one attached hydrogen (secondary N) is 4. The van der Waals surface area contributed by atoms with Gasteiger partial charge in [0.2, 0.25) is 17.7 Å². The van der Waals surface area contributed by atoms with Gasteiger partial charge in [-0.2, -0.15) is 11.8 Å². The number of amides is 3. The molecule has 4 atom stereocenters. The molecule has 3 aromatic rings. The molecule has 0 saturated heterocycles. The quantitative estimate of drug-likeness (QED) is 0.129. The first kappa shape index (κ1) is 33.5. The molecule has 43 heavy (non-hydrogen) atoms. The lowest BCUT2D eigenvalue weighted by molar-refractivity contribution is -0.142. The minimum Gasteiger partial charge on any atom is -0.508 e. The van der Waals surface area contributed by atoms with Crippen molar-refractivity contribution < 1.29 is 29.4 Å². The molecule has 8 N–H and O–H groups in total. The molecule has 3 amide bonds. The normalized spacial score (nSPS) is 14.1. The number of carbonyl (C=O) groups is 4. The highest BCUT2D eigenvalue weighted by Crippen LogP contribution is 2.20. The molecule has 0 aliphatic carbocycles. The van der Waals surface area contributed by atoms with Gasteiger partial charge in [0.1, 0.15) is 23.9 Å². The maximum Gasteiger partial charge on any atom is 0.326 e. The van der Waals surface area contributed by atoms with E-state index in [4.69, 9.17) is 5.73 Å². The first-order valence-electron chi connectivity index (χ1n) is 14.2. The van der Waals surface area contributed by atoms with E-state index in [2.05, 4.69) is 20.9 Å². The van der Waals surface area contributed by atoms with Crippen molar-refractivity contribution in [2.24, 2.45) is 11.7 Å². The number of thioether (sulfide) groups is 1. The molecule has 11 nitrogen and oxygen atoms in total. The Morgan fingerprint density at radius 1 is 0.884 bits per heavy atom. The first-order valence-corrected chi connectivity index (χ1v) is 15.6. The Morgan fingerprint density at radius 3 is 2.12 bits per heavy atom. The van der Waals surface area contributed by atoms with Gasteiger partial charge in [0.25, 0.3) is 0 Å². The zero-order valence-corrected chi connectivity index (χ0v) is 25.4. The number of carboxylic acid groups (broad SMARTS) is 1. The molecule has 0 aliphatic heterocycles. The second kappa shape index (κ2) is 16.0. The summed E-state index contributed by atoms with van der Waals surface area (Å²) in [6.07, 6.45) is 4.42. The number of aromatic nitrogens is 1. The monoisotopic (exact) mass is 611 g/mol. The number of aromatic amines is 1. The largest absolute Gasteiger partial charge is 0.508 e. The third-order valence-corrected chi connectivity index (χ3v) is 7.68. The maximum atomic E-state index is 13.8. The van der Waals surface area contributed by atoms with Crippen LogP contribution in [0.15, 0.2) is 54.7 Å². The molecule has 0 saturated carbocycles. The van der Waals surface area contributed by atoms with Gasteiger partial charge in [-0.05, 0) is 60.1 Å². The smallest absolute Gasteiger partial charge is 0.326 e. The highest BCUT2D eigenvalue weighted by atomic mass is 32.2. The first-order chi connectivity index (χ1) is 20.5. The van der Waals surface area contributed by atoms with Crippen LogP contribution in [0.1, 0.15) is 37.8 Å². The number of aromatic hydroxyl groups is 1. The summed E-state index contributed by atoms with van der Waals surface area (Å²) in [5.74, 6) is -2.24. The summed E-state index contributed by atoms with van der Waals surface area (Å²) in [5, 5.41) is 28.4. The van der Waals surface area contributed by atoms with Crippen LogP contribution in [0.5, 0.6) is 5.75 Å². The fourth-order valence-electron chi connectivity index (χ4n) is 4.70. The van der Waals surface area contributed by atoms with E-state index in [1.807, 2.05) is 44.4 Å². The second-order valence-corrected chi connectivity index (χ2v) is 12.0. The SMILES string of the molecule is CSCCC(N)C(=O)NC(Cc1ccc(O)cc1)C(=O)NC(Cc1c[nH]c2ccccc12)C(=O)NC(CC(C)C)C(=O)O. The van der Waals surface area contributed by atoms with Crippen LogP contribution >= 0.6 is 11.8 Å². The van der Waals surface area contributed by atoms with E-state index < -0.39 is 47.9 Å². The topological polar surface area (TPSA) is 187 Å². The molecule has 4 unspecified atom stereocenters. The number of benzene rings is 2. The van der Waals surface area contributed by atoms with Crippen molar-refractivity contribution in [2.75, 3.05) is 12.0 Å². The number of H-pyrrole nitrogens is 1. The van der Waals surface area contributed by atoms with Gasteiger partial charge in [0.05, 0.1) is 6.04 Å². The molecule has 0 radical (unpaired) electrons. The number of hydrogen-bond acceptors (Lipinski definition) is 7. The third kappa shape index (κ3) is 10.0. The highest BCUT2D eigenvalue weighted by Gasteiger charge is 2.31. The summed E-state index contributed by atoms with van der Waals surface area (Å²) in [6, 6.07) is 9.51. The molecular weight excluding hydrogens is 570 g/mol. The van der Waals surface area contributed by atoms with E-state index in [1.54, 1.807) is 30.1 Å². The minimum atomic E-state index is -1.17. The van der Waals surface area contributed by atoms with Crippen molar-refractivity contribution in [1.29, 1.82) is 0 Å². The summed E-state index contributed by atoms with van der Waals surface area (Å²) >= 11 is 1.55.